The first-order valence-electron chi connectivity index (χ1n) is 8.65. The molecule has 0 spiro atoms. The van der Waals surface area contributed by atoms with E-state index in [-0.39, 0.29) is 0 Å². The number of hydrogen-bond acceptors (Lipinski definition) is 3. The van der Waals surface area contributed by atoms with Crippen molar-refractivity contribution in [3.05, 3.63) is 23.2 Å². The van der Waals surface area contributed by atoms with Gasteiger partial charge in [0.2, 0.25) is 0 Å². The lowest BCUT2D eigenvalue weighted by Gasteiger charge is -2.35. The minimum absolute atomic E-state index is 0.720. The van der Waals surface area contributed by atoms with Crippen LogP contribution in [0.25, 0.3) is 0 Å². The Morgan fingerprint density at radius 2 is 2.00 bits per heavy atom. The highest BCUT2D eigenvalue weighted by atomic mass is 16.3. The monoisotopic (exact) mass is 290 g/mol. The zero-order valence-corrected chi connectivity index (χ0v) is 13.8. The maximum absolute atomic E-state index is 5.98. The first kappa shape index (κ1) is 15.1. The second kappa shape index (κ2) is 6.53. The summed E-state index contributed by atoms with van der Waals surface area (Å²) in [5, 5.41) is 3.58. The van der Waals surface area contributed by atoms with Gasteiger partial charge in [-0.15, -0.1) is 0 Å². The third-order valence-electron chi connectivity index (χ3n) is 5.27. The molecular formula is C18H30N2O. The summed E-state index contributed by atoms with van der Waals surface area (Å²) in [5.41, 5.74) is 1.34. The molecule has 0 radical (unpaired) electrons. The number of hydrogen-bond donors (Lipinski definition) is 1. The normalized spacial score (nSPS) is 26.5. The molecule has 3 heteroatoms. The van der Waals surface area contributed by atoms with Crippen LogP contribution in [0.1, 0.15) is 62.5 Å². The molecule has 1 aromatic rings. The predicted molar refractivity (Wildman–Crippen MR) is 86.2 cm³/mol. The van der Waals surface area contributed by atoms with Gasteiger partial charge < -0.3 is 9.73 Å². The van der Waals surface area contributed by atoms with Crippen LogP contribution < -0.4 is 5.32 Å². The summed E-state index contributed by atoms with van der Waals surface area (Å²) >= 11 is 0. The highest BCUT2D eigenvalue weighted by molar-refractivity contribution is 5.21. The fourth-order valence-electron chi connectivity index (χ4n) is 3.70. The molecule has 2 aliphatic carbocycles. The fraction of sp³-hybridized carbons (Fsp3) is 0.778. The van der Waals surface area contributed by atoms with Gasteiger partial charge in [0.05, 0.1) is 6.54 Å². The number of nitrogens with one attached hydrogen (secondary N) is 1. The molecule has 2 aliphatic rings. The summed E-state index contributed by atoms with van der Waals surface area (Å²) in [6.07, 6.45) is 8.18. The van der Waals surface area contributed by atoms with Gasteiger partial charge >= 0.3 is 0 Å². The van der Waals surface area contributed by atoms with E-state index in [1.165, 1.54) is 44.1 Å². The van der Waals surface area contributed by atoms with Crippen LogP contribution in [0.3, 0.4) is 0 Å². The molecule has 0 saturated heterocycles. The molecule has 1 heterocycles. The molecule has 0 amide bonds. The number of nitrogens with zero attached hydrogens (tertiary/aromatic N) is 1. The summed E-state index contributed by atoms with van der Waals surface area (Å²) in [7, 11) is 2.26. The summed E-state index contributed by atoms with van der Waals surface area (Å²) in [5.74, 6) is 3.03. The highest BCUT2D eigenvalue weighted by Crippen LogP contribution is 2.29. The van der Waals surface area contributed by atoms with E-state index in [0.29, 0.717) is 0 Å². The average molecular weight is 290 g/mol. The third-order valence-corrected chi connectivity index (χ3v) is 5.27. The van der Waals surface area contributed by atoms with Crippen LogP contribution in [0.4, 0.5) is 0 Å². The molecule has 3 rings (SSSR count). The molecule has 0 bridgehead atoms. The molecule has 2 atom stereocenters. The Labute approximate surface area is 129 Å². The minimum Gasteiger partial charge on any atom is -0.465 e. The van der Waals surface area contributed by atoms with E-state index >= 15 is 0 Å². The third kappa shape index (κ3) is 3.89. The lowest BCUT2D eigenvalue weighted by Crippen LogP contribution is -2.38. The van der Waals surface area contributed by atoms with Gasteiger partial charge in [0.25, 0.3) is 0 Å². The fourth-order valence-corrected chi connectivity index (χ4v) is 3.70. The largest absolute Gasteiger partial charge is 0.465 e. The molecule has 2 fully saturated rings. The number of aryl methyl sites for hydroxylation is 1. The quantitative estimate of drug-likeness (QED) is 0.862. The lowest BCUT2D eigenvalue weighted by molar-refractivity contribution is 0.125. The van der Waals surface area contributed by atoms with Crippen LogP contribution in [0.15, 0.2) is 10.5 Å². The average Bonchev–Trinajstić information content (AvgIpc) is 3.21. The van der Waals surface area contributed by atoms with Gasteiger partial charge in [-0.05, 0) is 51.6 Å². The van der Waals surface area contributed by atoms with Crippen molar-refractivity contribution in [2.75, 3.05) is 7.05 Å². The lowest BCUT2D eigenvalue weighted by atomic mass is 9.85. The smallest absolute Gasteiger partial charge is 0.118 e. The first-order chi connectivity index (χ1) is 10.1. The summed E-state index contributed by atoms with van der Waals surface area (Å²) in [6.45, 7) is 6.40. The second-order valence-electron chi connectivity index (χ2n) is 7.19. The Morgan fingerprint density at radius 1 is 1.24 bits per heavy atom. The van der Waals surface area contributed by atoms with Crippen LogP contribution in [0.2, 0.25) is 0 Å². The van der Waals surface area contributed by atoms with E-state index in [0.717, 1.165) is 42.6 Å². The zero-order valence-electron chi connectivity index (χ0n) is 13.8. The van der Waals surface area contributed by atoms with E-state index in [4.69, 9.17) is 4.42 Å². The van der Waals surface area contributed by atoms with E-state index in [9.17, 15) is 0 Å². The number of furan rings is 1. The topological polar surface area (TPSA) is 28.4 Å². The van der Waals surface area contributed by atoms with Crippen molar-refractivity contribution in [3.8, 4) is 0 Å². The van der Waals surface area contributed by atoms with Crippen LogP contribution in [-0.2, 0) is 13.1 Å². The molecular weight excluding hydrogens is 260 g/mol. The molecule has 2 saturated carbocycles. The highest BCUT2D eigenvalue weighted by Gasteiger charge is 2.26. The van der Waals surface area contributed by atoms with Gasteiger partial charge in [-0.2, -0.15) is 0 Å². The van der Waals surface area contributed by atoms with Crippen LogP contribution >= 0.6 is 0 Å². The Bertz CT molecular complexity index is 464. The summed E-state index contributed by atoms with van der Waals surface area (Å²) < 4.78 is 5.98. The van der Waals surface area contributed by atoms with Crippen LogP contribution in [0, 0.1) is 12.8 Å². The molecule has 21 heavy (non-hydrogen) atoms. The maximum atomic E-state index is 5.98. The summed E-state index contributed by atoms with van der Waals surface area (Å²) in [6, 6.07) is 3.74. The molecule has 0 aliphatic heterocycles. The van der Waals surface area contributed by atoms with Crippen LogP contribution in [0.5, 0.6) is 0 Å². The van der Waals surface area contributed by atoms with Gasteiger partial charge in [0.15, 0.2) is 0 Å². The van der Waals surface area contributed by atoms with E-state index in [1.807, 2.05) is 0 Å². The van der Waals surface area contributed by atoms with Crippen molar-refractivity contribution in [1.82, 2.24) is 10.2 Å². The minimum atomic E-state index is 0.720. The predicted octanol–water partition coefficient (Wildman–Crippen LogP) is 3.85. The Morgan fingerprint density at radius 3 is 2.71 bits per heavy atom. The van der Waals surface area contributed by atoms with Crippen molar-refractivity contribution < 1.29 is 4.42 Å². The Kier molecular flexibility index (Phi) is 4.70. The van der Waals surface area contributed by atoms with E-state index < -0.39 is 0 Å². The SMILES string of the molecule is Cc1oc(CN(C)C2CCCCC2C)cc1CNC1CC1. The second-order valence-corrected chi connectivity index (χ2v) is 7.19. The first-order valence-corrected chi connectivity index (χ1v) is 8.65. The molecule has 3 nitrogen and oxygen atoms in total. The van der Waals surface area contributed by atoms with Crippen molar-refractivity contribution in [2.45, 2.75) is 77.5 Å². The van der Waals surface area contributed by atoms with Gasteiger partial charge in [-0.25, -0.2) is 0 Å². The van der Waals surface area contributed by atoms with E-state index in [1.54, 1.807) is 0 Å². The maximum Gasteiger partial charge on any atom is 0.118 e. The summed E-state index contributed by atoms with van der Waals surface area (Å²) in [4.78, 5) is 2.50. The molecule has 2 unspecified atom stereocenters. The van der Waals surface area contributed by atoms with E-state index in [2.05, 4.69) is 37.2 Å². The Balaban J connectivity index is 1.57. The van der Waals surface area contributed by atoms with Gasteiger partial charge in [0, 0.05) is 24.2 Å². The zero-order chi connectivity index (χ0) is 14.8. The van der Waals surface area contributed by atoms with Crippen molar-refractivity contribution >= 4 is 0 Å². The molecule has 0 aromatic carbocycles. The molecule has 1 N–H and O–H groups in total. The standard InChI is InChI=1S/C18H30N2O/c1-13-6-4-5-7-18(13)20(3)12-17-10-15(14(2)21-17)11-19-16-8-9-16/h10,13,16,18-19H,4-9,11-12H2,1-3H3. The van der Waals surface area contributed by atoms with Gasteiger partial charge in [-0.3, -0.25) is 4.90 Å². The Hall–Kier alpha value is -0.800. The van der Waals surface area contributed by atoms with Gasteiger partial charge in [0.1, 0.15) is 11.5 Å². The molecule has 118 valence electrons. The van der Waals surface area contributed by atoms with Crippen molar-refractivity contribution in [3.63, 3.8) is 0 Å². The van der Waals surface area contributed by atoms with Crippen LogP contribution in [-0.4, -0.2) is 24.0 Å². The van der Waals surface area contributed by atoms with Crippen molar-refractivity contribution in [2.24, 2.45) is 5.92 Å². The number of rotatable bonds is 6. The van der Waals surface area contributed by atoms with Crippen molar-refractivity contribution in [1.29, 1.82) is 0 Å². The molecule has 1 aromatic heterocycles. The van der Waals surface area contributed by atoms with Gasteiger partial charge in [-0.1, -0.05) is 19.8 Å².